The van der Waals surface area contributed by atoms with Crippen molar-refractivity contribution in [3.8, 4) is 0 Å². The molecule has 0 saturated heterocycles. The lowest BCUT2D eigenvalue weighted by Gasteiger charge is -2.01. The normalized spacial score (nSPS) is 10.3. The van der Waals surface area contributed by atoms with Crippen LogP contribution in [0.5, 0.6) is 0 Å². The third-order valence-corrected chi connectivity index (χ3v) is 1.43. The van der Waals surface area contributed by atoms with Crippen molar-refractivity contribution in [3.63, 3.8) is 0 Å². The van der Waals surface area contributed by atoms with Gasteiger partial charge in [0, 0.05) is 5.56 Å². The molecule has 1 rings (SSSR count). The van der Waals surface area contributed by atoms with Gasteiger partial charge in [0.15, 0.2) is 0 Å². The molecule has 1 aromatic carbocycles. The van der Waals surface area contributed by atoms with Gasteiger partial charge < -0.3 is 0 Å². The molecule has 0 amide bonds. The van der Waals surface area contributed by atoms with Crippen LogP contribution in [-0.4, -0.2) is 0 Å². The molecule has 0 saturated carbocycles. The van der Waals surface area contributed by atoms with Crippen molar-refractivity contribution in [1.29, 1.82) is 0 Å². The largest absolute Gasteiger partial charge is 0.263 e. The fourth-order valence-electron chi connectivity index (χ4n) is 0.880. The minimum absolute atomic E-state index is 0.315. The zero-order valence-electron chi connectivity index (χ0n) is 6.23. The second kappa shape index (κ2) is 3.43. The van der Waals surface area contributed by atoms with Crippen molar-refractivity contribution in [2.24, 2.45) is 0 Å². The van der Waals surface area contributed by atoms with Crippen LogP contribution in [0.1, 0.15) is 17.6 Å². The van der Waals surface area contributed by atoms with Crippen LogP contribution in [-0.2, 0) is 0 Å². The average molecular weight is 172 g/mol. The molecule has 0 aliphatic rings. The van der Waals surface area contributed by atoms with E-state index in [1.807, 2.05) is 0 Å². The molecule has 0 spiro atoms. The van der Waals surface area contributed by atoms with Crippen molar-refractivity contribution < 1.29 is 13.2 Å². The highest BCUT2D eigenvalue weighted by molar-refractivity contribution is 5.48. The Morgan fingerprint density at radius 3 is 2.42 bits per heavy atom. The molecule has 0 atom stereocenters. The standard InChI is InChI=1S/C9H7F3/c1-2-6-3-7(9(11)12)5-8(10)4-6/h2-5,9H,1H2. The average Bonchev–Trinajstić information content (AvgIpc) is 2.03. The summed E-state index contributed by atoms with van der Waals surface area (Å²) in [6.45, 7) is 3.36. The molecular weight excluding hydrogens is 165 g/mol. The maximum absolute atomic E-state index is 12.6. The third kappa shape index (κ3) is 1.87. The van der Waals surface area contributed by atoms with E-state index in [9.17, 15) is 13.2 Å². The molecule has 0 bridgehead atoms. The molecule has 12 heavy (non-hydrogen) atoms. The predicted octanol–water partition coefficient (Wildman–Crippen LogP) is 3.41. The smallest absolute Gasteiger partial charge is 0.207 e. The van der Waals surface area contributed by atoms with Crippen LogP contribution in [0, 0.1) is 5.82 Å². The second-order valence-electron chi connectivity index (χ2n) is 2.32. The Kier molecular flexibility index (Phi) is 2.53. The molecule has 0 N–H and O–H groups in total. The summed E-state index contributed by atoms with van der Waals surface area (Å²) in [5.41, 5.74) is 0.0511. The van der Waals surface area contributed by atoms with Crippen molar-refractivity contribution in [2.75, 3.05) is 0 Å². The van der Waals surface area contributed by atoms with Crippen LogP contribution in [0.15, 0.2) is 24.8 Å². The molecular formula is C9H7F3. The summed E-state index contributed by atoms with van der Waals surface area (Å²) < 4.78 is 36.7. The lowest BCUT2D eigenvalue weighted by molar-refractivity contribution is 0.151. The molecule has 0 aliphatic carbocycles. The van der Waals surface area contributed by atoms with Gasteiger partial charge in [-0.2, -0.15) is 0 Å². The first-order valence-corrected chi connectivity index (χ1v) is 3.34. The number of benzene rings is 1. The highest BCUT2D eigenvalue weighted by Gasteiger charge is 2.08. The third-order valence-electron chi connectivity index (χ3n) is 1.43. The van der Waals surface area contributed by atoms with E-state index in [2.05, 4.69) is 6.58 Å². The highest BCUT2D eigenvalue weighted by atomic mass is 19.3. The molecule has 3 heteroatoms. The van der Waals surface area contributed by atoms with E-state index in [0.29, 0.717) is 5.56 Å². The van der Waals surface area contributed by atoms with Crippen LogP contribution in [0.3, 0.4) is 0 Å². The van der Waals surface area contributed by atoms with E-state index in [0.717, 1.165) is 12.1 Å². The Morgan fingerprint density at radius 2 is 1.92 bits per heavy atom. The summed E-state index contributed by atoms with van der Waals surface area (Å²) in [7, 11) is 0. The van der Waals surface area contributed by atoms with Crippen LogP contribution in [0.4, 0.5) is 13.2 Å². The van der Waals surface area contributed by atoms with E-state index in [-0.39, 0.29) is 5.56 Å². The number of rotatable bonds is 2. The topological polar surface area (TPSA) is 0 Å². The number of hydrogen-bond donors (Lipinski definition) is 0. The maximum Gasteiger partial charge on any atom is 0.263 e. The van der Waals surface area contributed by atoms with Crippen molar-refractivity contribution in [2.45, 2.75) is 6.43 Å². The summed E-state index contributed by atoms with van der Waals surface area (Å²) in [6, 6.07) is 3.18. The van der Waals surface area contributed by atoms with Crippen LogP contribution in [0.25, 0.3) is 6.08 Å². The molecule has 0 heterocycles. The minimum Gasteiger partial charge on any atom is -0.207 e. The van der Waals surface area contributed by atoms with Gasteiger partial charge in [0.25, 0.3) is 6.43 Å². The van der Waals surface area contributed by atoms with Gasteiger partial charge in [0.2, 0.25) is 0 Å². The van der Waals surface area contributed by atoms with Crippen LogP contribution in [0.2, 0.25) is 0 Å². The maximum atomic E-state index is 12.6. The predicted molar refractivity (Wildman–Crippen MR) is 41.4 cm³/mol. The van der Waals surface area contributed by atoms with E-state index in [1.54, 1.807) is 0 Å². The molecule has 0 nitrogen and oxygen atoms in total. The van der Waals surface area contributed by atoms with Gasteiger partial charge in [0.05, 0.1) is 0 Å². The van der Waals surface area contributed by atoms with Crippen molar-refractivity contribution >= 4 is 6.08 Å². The summed E-state index contributed by atoms with van der Waals surface area (Å²) in [4.78, 5) is 0. The van der Waals surface area contributed by atoms with Gasteiger partial charge in [-0.1, -0.05) is 12.7 Å². The molecule has 0 aromatic heterocycles. The Balaban J connectivity index is 3.14. The Hall–Kier alpha value is -1.25. The number of hydrogen-bond acceptors (Lipinski definition) is 0. The second-order valence-corrected chi connectivity index (χ2v) is 2.32. The van der Waals surface area contributed by atoms with Crippen molar-refractivity contribution in [1.82, 2.24) is 0 Å². The summed E-state index contributed by atoms with van der Waals surface area (Å²) in [5.74, 6) is -0.664. The lowest BCUT2D eigenvalue weighted by atomic mass is 10.1. The Morgan fingerprint density at radius 1 is 1.25 bits per heavy atom. The van der Waals surface area contributed by atoms with Gasteiger partial charge in [-0.15, -0.1) is 0 Å². The fourth-order valence-corrected chi connectivity index (χ4v) is 0.880. The first-order valence-electron chi connectivity index (χ1n) is 3.34. The molecule has 0 fully saturated rings. The Labute approximate surface area is 68.3 Å². The van der Waals surface area contributed by atoms with Gasteiger partial charge >= 0.3 is 0 Å². The van der Waals surface area contributed by atoms with E-state index in [4.69, 9.17) is 0 Å². The van der Waals surface area contributed by atoms with Gasteiger partial charge in [-0.3, -0.25) is 0 Å². The van der Waals surface area contributed by atoms with Crippen molar-refractivity contribution in [3.05, 3.63) is 41.7 Å². The van der Waals surface area contributed by atoms with Crippen LogP contribution < -0.4 is 0 Å². The first-order chi connectivity index (χ1) is 5.63. The van der Waals surface area contributed by atoms with Gasteiger partial charge in [-0.25, -0.2) is 13.2 Å². The quantitative estimate of drug-likeness (QED) is 0.641. The monoisotopic (exact) mass is 172 g/mol. The molecule has 0 aliphatic heterocycles. The lowest BCUT2D eigenvalue weighted by Crippen LogP contribution is -1.87. The van der Waals surface area contributed by atoms with Crippen LogP contribution >= 0.6 is 0 Å². The number of alkyl halides is 2. The van der Waals surface area contributed by atoms with E-state index >= 15 is 0 Å². The minimum atomic E-state index is -2.64. The SMILES string of the molecule is C=Cc1cc(F)cc(C(F)F)c1. The summed E-state index contributed by atoms with van der Waals surface area (Å²) in [6.07, 6.45) is -1.31. The highest BCUT2D eigenvalue weighted by Crippen LogP contribution is 2.21. The summed E-state index contributed by atoms with van der Waals surface area (Å²) in [5, 5.41) is 0. The number of halogens is 3. The van der Waals surface area contributed by atoms with Gasteiger partial charge in [-0.05, 0) is 23.8 Å². The van der Waals surface area contributed by atoms with Gasteiger partial charge in [0.1, 0.15) is 5.82 Å². The summed E-state index contributed by atoms with van der Waals surface area (Å²) >= 11 is 0. The van der Waals surface area contributed by atoms with E-state index < -0.39 is 12.2 Å². The molecule has 0 radical (unpaired) electrons. The zero-order valence-corrected chi connectivity index (χ0v) is 6.23. The Bertz CT molecular complexity index is 292. The van der Waals surface area contributed by atoms with E-state index in [1.165, 1.54) is 12.1 Å². The molecule has 64 valence electrons. The zero-order chi connectivity index (χ0) is 9.14. The fraction of sp³-hybridized carbons (Fsp3) is 0.111. The first kappa shape index (κ1) is 8.84. The molecule has 1 aromatic rings. The molecule has 0 unspecified atom stereocenters.